The van der Waals surface area contributed by atoms with Gasteiger partial charge in [0.15, 0.2) is 5.78 Å². The summed E-state index contributed by atoms with van der Waals surface area (Å²) in [4.78, 5) is 14.5. The Hall–Kier alpha value is -0.800. The van der Waals surface area contributed by atoms with Gasteiger partial charge in [-0.1, -0.05) is 17.7 Å². The summed E-state index contributed by atoms with van der Waals surface area (Å²) in [5.74, 6) is 2.64. The summed E-state index contributed by atoms with van der Waals surface area (Å²) >= 11 is 1.99. The highest BCUT2D eigenvalue weighted by atomic mass is 32.2. The maximum atomic E-state index is 12.3. The molecule has 0 spiro atoms. The average Bonchev–Trinajstić information content (AvgIpc) is 2.85. The van der Waals surface area contributed by atoms with Crippen LogP contribution >= 0.6 is 11.8 Å². The number of carbonyl (C=O) groups excluding carboxylic acids is 1. The molecule has 0 aliphatic carbocycles. The number of aryl methyl sites for hydroxylation is 2. The molecule has 0 bridgehead atoms. The van der Waals surface area contributed by atoms with Gasteiger partial charge >= 0.3 is 0 Å². The molecule has 98 valence electrons. The van der Waals surface area contributed by atoms with Crippen LogP contribution in [0.15, 0.2) is 18.2 Å². The van der Waals surface area contributed by atoms with E-state index in [4.69, 9.17) is 0 Å². The normalized spacial score (nSPS) is 19.4. The van der Waals surface area contributed by atoms with Crippen LogP contribution in [0, 0.1) is 13.8 Å². The van der Waals surface area contributed by atoms with Crippen molar-refractivity contribution in [2.45, 2.75) is 26.3 Å². The lowest BCUT2D eigenvalue weighted by atomic mass is 10.0. The van der Waals surface area contributed by atoms with E-state index in [1.165, 1.54) is 12.2 Å². The number of rotatable bonds is 4. The number of benzene rings is 1. The molecule has 1 aliphatic heterocycles. The first-order chi connectivity index (χ1) is 8.58. The zero-order valence-corrected chi connectivity index (χ0v) is 12.2. The van der Waals surface area contributed by atoms with Crippen LogP contribution in [0.3, 0.4) is 0 Å². The minimum Gasteiger partial charge on any atom is -0.295 e. The molecule has 0 saturated carbocycles. The Morgan fingerprint density at radius 2 is 2.22 bits per heavy atom. The van der Waals surface area contributed by atoms with Crippen molar-refractivity contribution in [3.05, 3.63) is 34.9 Å². The zero-order chi connectivity index (χ0) is 13.1. The van der Waals surface area contributed by atoms with Gasteiger partial charge in [-0.15, -0.1) is 0 Å². The summed E-state index contributed by atoms with van der Waals surface area (Å²) in [6, 6.07) is 6.68. The second-order valence-corrected chi connectivity index (χ2v) is 6.32. The van der Waals surface area contributed by atoms with E-state index in [0.717, 1.165) is 22.4 Å². The minimum atomic E-state index is 0.246. The molecule has 1 heterocycles. The Balaban J connectivity index is 2.04. The lowest BCUT2D eigenvalue weighted by Crippen LogP contribution is -2.36. The number of carbonyl (C=O) groups is 1. The first-order valence-corrected chi connectivity index (χ1v) is 7.62. The number of nitrogens with zero attached hydrogens (tertiary/aromatic N) is 1. The van der Waals surface area contributed by atoms with Crippen molar-refractivity contribution in [1.82, 2.24) is 4.90 Å². The van der Waals surface area contributed by atoms with Gasteiger partial charge in [0.1, 0.15) is 0 Å². The molecule has 18 heavy (non-hydrogen) atoms. The van der Waals surface area contributed by atoms with Crippen LogP contribution in [0.5, 0.6) is 0 Å². The van der Waals surface area contributed by atoms with Crippen molar-refractivity contribution in [3.8, 4) is 0 Å². The molecule has 3 heteroatoms. The molecular formula is C15H21NOS. The molecule has 1 aliphatic rings. The molecule has 1 unspecified atom stereocenters. The third-order valence-corrected chi connectivity index (χ3v) is 4.76. The van der Waals surface area contributed by atoms with Gasteiger partial charge in [-0.05, 0) is 44.7 Å². The number of Topliss-reactive ketones (excluding diaryl/α,β-unsaturated/α-hetero) is 1. The maximum Gasteiger partial charge on any atom is 0.177 e. The molecule has 0 radical (unpaired) electrons. The van der Waals surface area contributed by atoms with Crippen LogP contribution in [0.1, 0.15) is 27.9 Å². The number of thioether (sulfide) groups is 1. The molecule has 2 rings (SSSR count). The van der Waals surface area contributed by atoms with Gasteiger partial charge in [0, 0.05) is 17.4 Å². The van der Waals surface area contributed by atoms with Crippen molar-refractivity contribution in [2.24, 2.45) is 0 Å². The minimum absolute atomic E-state index is 0.246. The predicted octanol–water partition coefficient (Wildman–Crippen LogP) is 2.92. The van der Waals surface area contributed by atoms with Crippen molar-refractivity contribution in [1.29, 1.82) is 0 Å². The largest absolute Gasteiger partial charge is 0.295 e. The number of likely N-dealkylation sites (N-methyl/N-ethyl adjacent to an activating group) is 1. The van der Waals surface area contributed by atoms with Gasteiger partial charge in [-0.25, -0.2) is 0 Å². The molecule has 0 N–H and O–H groups in total. The molecule has 1 fully saturated rings. The quantitative estimate of drug-likeness (QED) is 0.779. The van der Waals surface area contributed by atoms with E-state index in [-0.39, 0.29) is 5.78 Å². The molecule has 0 amide bonds. The highest BCUT2D eigenvalue weighted by Gasteiger charge is 2.22. The Kier molecular flexibility index (Phi) is 4.46. The number of hydrogen-bond acceptors (Lipinski definition) is 3. The number of hydrogen-bond donors (Lipinski definition) is 0. The molecular weight excluding hydrogens is 242 g/mol. The van der Waals surface area contributed by atoms with E-state index in [2.05, 4.69) is 18.0 Å². The lowest BCUT2D eigenvalue weighted by molar-refractivity contribution is 0.0926. The third kappa shape index (κ3) is 3.15. The Morgan fingerprint density at radius 1 is 1.44 bits per heavy atom. The first kappa shape index (κ1) is 13.6. The lowest BCUT2D eigenvalue weighted by Gasteiger charge is -2.22. The topological polar surface area (TPSA) is 20.3 Å². The summed E-state index contributed by atoms with van der Waals surface area (Å²) in [5.41, 5.74) is 3.12. The Bertz CT molecular complexity index is 438. The smallest absolute Gasteiger partial charge is 0.177 e. The van der Waals surface area contributed by atoms with Gasteiger partial charge in [-0.3, -0.25) is 9.69 Å². The number of ketones is 1. The van der Waals surface area contributed by atoms with E-state index in [1.807, 2.05) is 37.7 Å². The highest BCUT2D eigenvalue weighted by Crippen LogP contribution is 2.21. The zero-order valence-electron chi connectivity index (χ0n) is 11.4. The van der Waals surface area contributed by atoms with E-state index in [9.17, 15) is 4.79 Å². The van der Waals surface area contributed by atoms with E-state index < -0.39 is 0 Å². The molecule has 1 atom stereocenters. The van der Waals surface area contributed by atoms with Crippen molar-refractivity contribution < 1.29 is 4.79 Å². The van der Waals surface area contributed by atoms with Gasteiger partial charge in [-0.2, -0.15) is 11.8 Å². The summed E-state index contributed by atoms with van der Waals surface area (Å²) in [6.45, 7) is 4.58. The van der Waals surface area contributed by atoms with Crippen molar-refractivity contribution in [3.63, 3.8) is 0 Å². The van der Waals surface area contributed by atoms with Gasteiger partial charge in [0.25, 0.3) is 0 Å². The average molecular weight is 263 g/mol. The van der Waals surface area contributed by atoms with Crippen molar-refractivity contribution >= 4 is 17.5 Å². The molecule has 2 nitrogen and oxygen atoms in total. The molecule has 0 aromatic heterocycles. The molecule has 1 aromatic carbocycles. The predicted molar refractivity (Wildman–Crippen MR) is 78.6 cm³/mol. The molecule has 1 aromatic rings. The highest BCUT2D eigenvalue weighted by molar-refractivity contribution is 7.99. The van der Waals surface area contributed by atoms with Crippen LogP contribution in [-0.4, -0.2) is 41.8 Å². The van der Waals surface area contributed by atoms with E-state index in [1.54, 1.807) is 0 Å². The fourth-order valence-electron chi connectivity index (χ4n) is 2.35. The fraction of sp³-hybridized carbons (Fsp3) is 0.533. The maximum absolute atomic E-state index is 12.3. The van der Waals surface area contributed by atoms with Crippen LogP contribution in [0.4, 0.5) is 0 Å². The van der Waals surface area contributed by atoms with Crippen LogP contribution < -0.4 is 0 Å². The monoisotopic (exact) mass is 263 g/mol. The summed E-state index contributed by atoms with van der Waals surface area (Å²) in [6.07, 6.45) is 1.21. The van der Waals surface area contributed by atoms with Gasteiger partial charge in [0.05, 0.1) is 6.54 Å². The Labute approximate surface area is 114 Å². The summed E-state index contributed by atoms with van der Waals surface area (Å²) in [7, 11) is 2.07. The fourth-order valence-corrected chi connectivity index (χ4v) is 3.65. The van der Waals surface area contributed by atoms with E-state index >= 15 is 0 Å². The van der Waals surface area contributed by atoms with E-state index in [0.29, 0.717) is 12.6 Å². The summed E-state index contributed by atoms with van der Waals surface area (Å²) < 4.78 is 0. The van der Waals surface area contributed by atoms with Gasteiger partial charge in [0.2, 0.25) is 0 Å². The first-order valence-electron chi connectivity index (χ1n) is 6.46. The SMILES string of the molecule is Cc1ccc(C)c(C(=O)CN(C)C2CCSC2)c1. The molecule has 1 saturated heterocycles. The summed E-state index contributed by atoms with van der Waals surface area (Å²) in [5, 5.41) is 0. The van der Waals surface area contributed by atoms with Crippen LogP contribution in [0.25, 0.3) is 0 Å². The third-order valence-electron chi connectivity index (χ3n) is 3.62. The van der Waals surface area contributed by atoms with Gasteiger partial charge < -0.3 is 0 Å². The van der Waals surface area contributed by atoms with Crippen LogP contribution in [-0.2, 0) is 0 Å². The second kappa shape index (κ2) is 5.89. The van der Waals surface area contributed by atoms with Crippen molar-refractivity contribution in [2.75, 3.05) is 25.1 Å². The van der Waals surface area contributed by atoms with Crippen LogP contribution in [0.2, 0.25) is 0 Å². The Morgan fingerprint density at radius 3 is 2.89 bits per heavy atom. The second-order valence-electron chi connectivity index (χ2n) is 5.17. The standard InChI is InChI=1S/C15H21NOS/c1-11-4-5-12(2)14(8-11)15(17)9-16(3)13-6-7-18-10-13/h4-5,8,13H,6-7,9-10H2,1-3H3.